The van der Waals surface area contributed by atoms with Crippen LogP contribution in [0.2, 0.25) is 0 Å². The average molecular weight is 251 g/mol. The van der Waals surface area contributed by atoms with Crippen LogP contribution in [0.3, 0.4) is 0 Å². The van der Waals surface area contributed by atoms with Gasteiger partial charge in [0.05, 0.1) is 18.5 Å². The molecule has 2 aromatic heterocycles. The van der Waals surface area contributed by atoms with Gasteiger partial charge in [-0.2, -0.15) is 4.73 Å². The number of hydrogen-bond acceptors (Lipinski definition) is 6. The summed E-state index contributed by atoms with van der Waals surface area (Å²) in [5.41, 5.74) is 0.611. The van der Waals surface area contributed by atoms with E-state index in [1.54, 1.807) is 11.5 Å². The van der Waals surface area contributed by atoms with Crippen LogP contribution in [0.15, 0.2) is 12.7 Å². The highest BCUT2D eigenvalue weighted by Crippen LogP contribution is 2.29. The molecular formula is C10H13N5O3. The quantitative estimate of drug-likeness (QED) is 0.598. The van der Waals surface area contributed by atoms with E-state index >= 15 is 0 Å². The Balaban J connectivity index is 2.09. The molecule has 0 spiro atoms. The highest BCUT2D eigenvalue weighted by Gasteiger charge is 2.32. The molecule has 3 N–H and O–H groups in total. The highest BCUT2D eigenvalue weighted by molar-refractivity contribution is 5.68. The minimum atomic E-state index is -0.519. The standard InChI is InChI=1S/C10H13N5O3/c1-5-6(16)2-7(18-5)14-3-12-8-9(11)15(17)4-13-10(8)14/h3-7,11,16-17H,2H2,1H3/t5-,6+,7-/m1/s1. The summed E-state index contributed by atoms with van der Waals surface area (Å²) in [7, 11) is 0. The number of rotatable bonds is 1. The lowest BCUT2D eigenvalue weighted by Crippen LogP contribution is -2.19. The molecule has 0 amide bonds. The Labute approximate surface area is 102 Å². The van der Waals surface area contributed by atoms with Crippen LogP contribution in [0.1, 0.15) is 19.6 Å². The van der Waals surface area contributed by atoms with Crippen LogP contribution < -0.4 is 5.49 Å². The van der Waals surface area contributed by atoms with E-state index in [0.29, 0.717) is 16.8 Å². The Morgan fingerprint density at radius 2 is 2.22 bits per heavy atom. The Morgan fingerprint density at radius 3 is 2.89 bits per heavy atom. The zero-order valence-corrected chi connectivity index (χ0v) is 9.69. The van der Waals surface area contributed by atoms with Gasteiger partial charge in [-0.05, 0) is 6.92 Å². The molecule has 1 fully saturated rings. The van der Waals surface area contributed by atoms with Gasteiger partial charge < -0.3 is 15.1 Å². The average Bonchev–Trinajstić information content (AvgIpc) is 2.89. The molecule has 3 atom stereocenters. The SMILES string of the molecule is C[C@H]1O[C@@H](n2cnc3c(=N)n(O)cnc32)C[C@@H]1O. The van der Waals surface area contributed by atoms with Crippen molar-refractivity contribution < 1.29 is 15.1 Å². The minimum absolute atomic E-state index is 0.134. The molecule has 8 nitrogen and oxygen atoms in total. The Bertz CT molecular complexity index is 638. The molecule has 0 unspecified atom stereocenters. The lowest BCUT2D eigenvalue weighted by molar-refractivity contribution is -0.00635. The molecule has 1 aliphatic heterocycles. The van der Waals surface area contributed by atoms with Crippen molar-refractivity contribution in [3.05, 3.63) is 18.1 Å². The van der Waals surface area contributed by atoms with Crippen molar-refractivity contribution in [2.75, 3.05) is 0 Å². The number of nitrogens with zero attached hydrogens (tertiary/aromatic N) is 4. The first kappa shape index (κ1) is 11.2. The van der Waals surface area contributed by atoms with Crippen molar-refractivity contribution in [2.24, 2.45) is 0 Å². The number of aliphatic hydroxyl groups excluding tert-OH is 1. The molecule has 8 heteroatoms. The summed E-state index contributed by atoms with van der Waals surface area (Å²) in [5.74, 6) is 0. The molecule has 0 aromatic carbocycles. The predicted octanol–water partition coefficient (Wildman–Crippen LogP) is -0.382. The predicted molar refractivity (Wildman–Crippen MR) is 58.8 cm³/mol. The van der Waals surface area contributed by atoms with Gasteiger partial charge in [0.25, 0.3) is 0 Å². The lowest BCUT2D eigenvalue weighted by Gasteiger charge is -2.12. The van der Waals surface area contributed by atoms with Crippen molar-refractivity contribution in [3.63, 3.8) is 0 Å². The van der Waals surface area contributed by atoms with Crippen LogP contribution in [0.4, 0.5) is 0 Å². The van der Waals surface area contributed by atoms with Gasteiger partial charge in [-0.3, -0.25) is 9.98 Å². The van der Waals surface area contributed by atoms with E-state index in [-0.39, 0.29) is 23.3 Å². The second-order valence-electron chi connectivity index (χ2n) is 4.36. The maximum Gasteiger partial charge on any atom is 0.192 e. The van der Waals surface area contributed by atoms with Crippen LogP contribution in [-0.2, 0) is 4.74 Å². The highest BCUT2D eigenvalue weighted by atomic mass is 16.5. The first-order valence-electron chi connectivity index (χ1n) is 5.59. The van der Waals surface area contributed by atoms with Gasteiger partial charge in [-0.15, -0.1) is 0 Å². The van der Waals surface area contributed by atoms with E-state index in [9.17, 15) is 10.3 Å². The summed E-state index contributed by atoms with van der Waals surface area (Å²) in [6, 6.07) is 0. The molecule has 0 saturated carbocycles. The summed E-state index contributed by atoms with van der Waals surface area (Å²) >= 11 is 0. The van der Waals surface area contributed by atoms with Gasteiger partial charge in [0.2, 0.25) is 0 Å². The zero-order valence-electron chi connectivity index (χ0n) is 9.69. The van der Waals surface area contributed by atoms with Crippen molar-refractivity contribution in [2.45, 2.75) is 31.8 Å². The van der Waals surface area contributed by atoms with Crippen LogP contribution in [0.5, 0.6) is 0 Å². The number of imidazole rings is 1. The summed E-state index contributed by atoms with van der Waals surface area (Å²) in [5, 5.41) is 26.7. The van der Waals surface area contributed by atoms with Crippen molar-refractivity contribution >= 4 is 11.2 Å². The first-order chi connectivity index (χ1) is 8.58. The number of hydrogen-bond donors (Lipinski definition) is 3. The van der Waals surface area contributed by atoms with E-state index in [2.05, 4.69) is 9.97 Å². The smallest absolute Gasteiger partial charge is 0.192 e. The third-order valence-corrected chi connectivity index (χ3v) is 3.18. The molecule has 1 aliphatic rings. The van der Waals surface area contributed by atoms with Gasteiger partial charge in [0.1, 0.15) is 12.6 Å². The maximum atomic E-state index is 9.68. The van der Waals surface area contributed by atoms with E-state index in [4.69, 9.17) is 10.1 Å². The normalized spacial score (nSPS) is 28.0. The molecule has 3 rings (SSSR count). The minimum Gasteiger partial charge on any atom is -0.425 e. The van der Waals surface area contributed by atoms with E-state index < -0.39 is 6.10 Å². The lowest BCUT2D eigenvalue weighted by atomic mass is 10.2. The summed E-state index contributed by atoms with van der Waals surface area (Å²) in [4.78, 5) is 8.07. The van der Waals surface area contributed by atoms with Crippen LogP contribution in [0, 0.1) is 5.41 Å². The fourth-order valence-electron chi connectivity index (χ4n) is 2.11. The molecule has 18 heavy (non-hydrogen) atoms. The number of aliphatic hydroxyl groups is 1. The van der Waals surface area contributed by atoms with E-state index in [1.165, 1.54) is 6.33 Å². The van der Waals surface area contributed by atoms with E-state index in [1.807, 2.05) is 0 Å². The largest absolute Gasteiger partial charge is 0.425 e. The molecule has 1 saturated heterocycles. The molecule has 3 heterocycles. The Kier molecular flexibility index (Phi) is 2.35. The van der Waals surface area contributed by atoms with Gasteiger partial charge in [-0.25, -0.2) is 9.97 Å². The number of ether oxygens (including phenoxy) is 1. The second-order valence-corrected chi connectivity index (χ2v) is 4.36. The van der Waals surface area contributed by atoms with E-state index in [0.717, 1.165) is 6.33 Å². The Morgan fingerprint density at radius 1 is 1.44 bits per heavy atom. The molecule has 0 radical (unpaired) electrons. The van der Waals surface area contributed by atoms with Crippen molar-refractivity contribution in [1.82, 2.24) is 19.3 Å². The van der Waals surface area contributed by atoms with Crippen molar-refractivity contribution in [3.8, 4) is 0 Å². The van der Waals surface area contributed by atoms with Crippen LogP contribution in [0.25, 0.3) is 11.2 Å². The monoisotopic (exact) mass is 251 g/mol. The summed E-state index contributed by atoms with van der Waals surface area (Å²) < 4.78 is 7.87. The first-order valence-corrected chi connectivity index (χ1v) is 5.59. The number of aromatic nitrogens is 4. The number of nitrogens with one attached hydrogen (secondary N) is 1. The molecule has 2 aromatic rings. The molecule has 96 valence electrons. The van der Waals surface area contributed by atoms with Crippen molar-refractivity contribution in [1.29, 1.82) is 5.41 Å². The topological polar surface area (TPSA) is 109 Å². The fraction of sp³-hybridized carbons (Fsp3) is 0.500. The summed E-state index contributed by atoms with van der Waals surface area (Å²) in [6.45, 7) is 1.80. The van der Waals surface area contributed by atoms with Gasteiger partial charge >= 0.3 is 0 Å². The second kappa shape index (κ2) is 3.79. The molecule has 0 bridgehead atoms. The molecular weight excluding hydrogens is 238 g/mol. The Hall–Kier alpha value is -1.93. The zero-order chi connectivity index (χ0) is 12.9. The van der Waals surface area contributed by atoms with Gasteiger partial charge in [-0.1, -0.05) is 0 Å². The maximum absolute atomic E-state index is 9.68. The fourth-order valence-corrected chi connectivity index (χ4v) is 2.11. The van der Waals surface area contributed by atoms with Crippen LogP contribution in [-0.4, -0.2) is 41.8 Å². The third-order valence-electron chi connectivity index (χ3n) is 3.18. The van der Waals surface area contributed by atoms with Crippen LogP contribution >= 0.6 is 0 Å². The van der Waals surface area contributed by atoms with Gasteiger partial charge in [0.15, 0.2) is 16.7 Å². The summed E-state index contributed by atoms with van der Waals surface area (Å²) in [6.07, 6.45) is 1.99. The van der Waals surface area contributed by atoms with Gasteiger partial charge in [0, 0.05) is 6.42 Å². The molecule has 0 aliphatic carbocycles. The third kappa shape index (κ3) is 1.50. The number of fused-ring (bicyclic) bond motifs is 1.